The third-order valence-electron chi connectivity index (χ3n) is 3.62. The molecule has 0 aromatic heterocycles. The fourth-order valence-electron chi connectivity index (χ4n) is 2.16. The van der Waals surface area contributed by atoms with Gasteiger partial charge in [0, 0.05) is 0 Å². The zero-order chi connectivity index (χ0) is 18.6. The van der Waals surface area contributed by atoms with Gasteiger partial charge in [-0.15, -0.1) is 0 Å². The van der Waals surface area contributed by atoms with Crippen molar-refractivity contribution in [2.75, 3.05) is 13.2 Å². The zero-order valence-corrected chi connectivity index (χ0v) is 12.4. The van der Waals surface area contributed by atoms with Crippen molar-refractivity contribution in [2.24, 2.45) is 0 Å². The molecule has 12 nitrogen and oxygen atoms in total. The maximum absolute atomic E-state index is 10.7. The first kappa shape index (κ1) is 21.1. The van der Waals surface area contributed by atoms with Crippen molar-refractivity contribution in [1.82, 2.24) is 0 Å². The summed E-state index contributed by atoms with van der Waals surface area (Å²) >= 11 is 0. The van der Waals surface area contributed by atoms with E-state index in [-0.39, 0.29) is 0 Å². The number of carboxylic acid groups (broad SMARTS) is 1. The summed E-state index contributed by atoms with van der Waals surface area (Å²) in [6.07, 6.45) is -16.9. The molecule has 0 bridgehead atoms. The lowest BCUT2D eigenvalue weighted by Crippen LogP contribution is -2.61. The Morgan fingerprint density at radius 3 is 2.08 bits per heavy atom. The molecule has 0 aliphatic carbocycles. The third-order valence-corrected chi connectivity index (χ3v) is 3.62. The molecule has 1 fully saturated rings. The normalized spacial score (nSPS) is 35.9. The van der Waals surface area contributed by atoms with E-state index in [1.54, 1.807) is 0 Å². The summed E-state index contributed by atoms with van der Waals surface area (Å²) in [5, 5.41) is 84.5. The first-order valence-corrected chi connectivity index (χ1v) is 6.99. The minimum Gasteiger partial charge on any atom is -0.479 e. The van der Waals surface area contributed by atoms with E-state index in [1.165, 1.54) is 0 Å². The Balaban J connectivity index is 2.94. The molecule has 9 atom stereocenters. The molecular formula is C12H22O12. The van der Waals surface area contributed by atoms with E-state index in [4.69, 9.17) is 24.8 Å². The maximum Gasteiger partial charge on any atom is 0.335 e. The van der Waals surface area contributed by atoms with Gasteiger partial charge in [0.05, 0.1) is 13.2 Å². The van der Waals surface area contributed by atoms with Gasteiger partial charge < -0.3 is 55.4 Å². The van der Waals surface area contributed by atoms with Crippen LogP contribution in [0.4, 0.5) is 0 Å². The number of aliphatic carboxylic acids is 1. The van der Waals surface area contributed by atoms with Crippen LogP contribution in [0.2, 0.25) is 0 Å². The highest BCUT2D eigenvalue weighted by Gasteiger charge is 2.47. The fourth-order valence-corrected chi connectivity index (χ4v) is 2.16. The number of ether oxygens (including phenoxy) is 2. The predicted octanol–water partition coefficient (Wildman–Crippen LogP) is -5.67. The molecule has 1 aliphatic rings. The van der Waals surface area contributed by atoms with E-state index < -0.39 is 74.3 Å². The van der Waals surface area contributed by atoms with E-state index >= 15 is 0 Å². The van der Waals surface area contributed by atoms with Crippen molar-refractivity contribution < 1.29 is 60.2 Å². The lowest BCUT2D eigenvalue weighted by Gasteiger charge is -2.42. The van der Waals surface area contributed by atoms with Crippen LogP contribution < -0.4 is 0 Å². The van der Waals surface area contributed by atoms with Crippen LogP contribution in [-0.2, 0) is 14.3 Å². The maximum atomic E-state index is 10.7. The minimum atomic E-state index is -2.39. The second-order valence-corrected chi connectivity index (χ2v) is 5.32. The van der Waals surface area contributed by atoms with Crippen LogP contribution >= 0.6 is 0 Å². The summed E-state index contributed by atoms with van der Waals surface area (Å²) in [6.45, 7) is -1.76. The van der Waals surface area contributed by atoms with Gasteiger partial charge in [-0.1, -0.05) is 0 Å². The number of carboxylic acids is 1. The Labute approximate surface area is 135 Å². The molecule has 12 heteroatoms. The number of aliphatic hydroxyl groups is 8. The summed E-state index contributed by atoms with van der Waals surface area (Å²) in [5.74, 6) is -1.84. The molecule has 1 aliphatic heterocycles. The number of aliphatic hydroxyl groups excluding tert-OH is 8. The van der Waals surface area contributed by atoms with E-state index in [0.717, 1.165) is 0 Å². The van der Waals surface area contributed by atoms with Crippen LogP contribution in [0, 0.1) is 0 Å². The van der Waals surface area contributed by atoms with Crippen LogP contribution in [0.3, 0.4) is 0 Å². The van der Waals surface area contributed by atoms with Gasteiger partial charge >= 0.3 is 5.97 Å². The second-order valence-electron chi connectivity index (χ2n) is 5.32. The Morgan fingerprint density at radius 2 is 1.62 bits per heavy atom. The molecule has 1 rings (SSSR count). The number of hydrogen-bond donors (Lipinski definition) is 9. The van der Waals surface area contributed by atoms with Gasteiger partial charge in [0.1, 0.15) is 42.7 Å². The molecule has 0 radical (unpaired) electrons. The molecule has 0 amide bonds. The van der Waals surface area contributed by atoms with Crippen LogP contribution in [-0.4, -0.2) is 120 Å². The van der Waals surface area contributed by atoms with Crippen molar-refractivity contribution in [3.63, 3.8) is 0 Å². The van der Waals surface area contributed by atoms with E-state index in [2.05, 4.69) is 0 Å². The standard InChI is InChI=1S/C12H22O12/c13-1-3(15)10(7(18)8(19)11(21)22)24-12-9(20)6(17)5(16)4(2-14)23-12/h3-10,12-20H,1-2H2,(H,21,22)/t3-,4-,5+,6+,7-,8-,9+,10-,12+/m1/s1. The molecule has 9 N–H and O–H groups in total. The van der Waals surface area contributed by atoms with Gasteiger partial charge in [0.15, 0.2) is 12.4 Å². The molecule has 1 heterocycles. The molecule has 142 valence electrons. The Kier molecular flexibility index (Phi) is 7.88. The van der Waals surface area contributed by atoms with Crippen molar-refractivity contribution >= 4 is 5.97 Å². The first-order valence-electron chi connectivity index (χ1n) is 6.99. The minimum absolute atomic E-state index is 0.766. The molecule has 0 aromatic rings. The van der Waals surface area contributed by atoms with E-state index in [1.807, 2.05) is 0 Å². The van der Waals surface area contributed by atoms with E-state index in [9.17, 15) is 35.4 Å². The third kappa shape index (κ3) is 4.58. The van der Waals surface area contributed by atoms with Gasteiger partial charge in [0.2, 0.25) is 0 Å². The van der Waals surface area contributed by atoms with Crippen molar-refractivity contribution in [3.05, 3.63) is 0 Å². The molecular weight excluding hydrogens is 336 g/mol. The van der Waals surface area contributed by atoms with Gasteiger partial charge in [-0.05, 0) is 0 Å². The highest BCUT2D eigenvalue weighted by Crippen LogP contribution is 2.24. The van der Waals surface area contributed by atoms with Gasteiger partial charge in [0.25, 0.3) is 0 Å². The predicted molar refractivity (Wildman–Crippen MR) is 71.4 cm³/mol. The summed E-state index contributed by atoms with van der Waals surface area (Å²) < 4.78 is 9.98. The largest absolute Gasteiger partial charge is 0.479 e. The van der Waals surface area contributed by atoms with Crippen LogP contribution in [0.5, 0.6) is 0 Å². The summed E-state index contributed by atoms with van der Waals surface area (Å²) in [5.41, 5.74) is 0. The second kappa shape index (κ2) is 8.96. The molecule has 0 aromatic carbocycles. The van der Waals surface area contributed by atoms with E-state index in [0.29, 0.717) is 0 Å². The van der Waals surface area contributed by atoms with Crippen molar-refractivity contribution in [3.8, 4) is 0 Å². The average molecular weight is 358 g/mol. The van der Waals surface area contributed by atoms with Gasteiger partial charge in [-0.25, -0.2) is 4.79 Å². The zero-order valence-electron chi connectivity index (χ0n) is 12.4. The quantitative estimate of drug-likeness (QED) is 0.198. The topological polar surface area (TPSA) is 218 Å². The molecule has 0 unspecified atom stereocenters. The van der Waals surface area contributed by atoms with Crippen molar-refractivity contribution in [1.29, 1.82) is 0 Å². The van der Waals surface area contributed by atoms with Crippen LogP contribution in [0.25, 0.3) is 0 Å². The SMILES string of the molecule is O=C(O)[C@H](O)[C@@H](O)[C@H](O[C@@H]1O[C@H](CO)[C@H](O)[C@H](O)[C@@H]1O)[C@H](O)CO. The first-order chi connectivity index (χ1) is 11.1. The molecule has 0 saturated carbocycles. The smallest absolute Gasteiger partial charge is 0.335 e. The monoisotopic (exact) mass is 358 g/mol. The summed E-state index contributed by atoms with van der Waals surface area (Å²) in [6, 6.07) is 0. The number of rotatable bonds is 8. The lowest BCUT2D eigenvalue weighted by molar-refractivity contribution is -0.326. The Hall–Kier alpha value is -0.930. The van der Waals surface area contributed by atoms with Crippen LogP contribution in [0.15, 0.2) is 0 Å². The van der Waals surface area contributed by atoms with Crippen molar-refractivity contribution in [2.45, 2.75) is 55.1 Å². The summed E-state index contributed by atoms with van der Waals surface area (Å²) in [4.78, 5) is 10.7. The van der Waals surface area contributed by atoms with Gasteiger partial charge in [-0.2, -0.15) is 0 Å². The van der Waals surface area contributed by atoms with Crippen LogP contribution in [0.1, 0.15) is 0 Å². The Morgan fingerprint density at radius 1 is 1.04 bits per heavy atom. The molecule has 0 spiro atoms. The number of carbonyl (C=O) groups is 1. The molecule has 24 heavy (non-hydrogen) atoms. The Bertz CT molecular complexity index is 403. The highest BCUT2D eigenvalue weighted by molar-refractivity contribution is 5.72. The summed E-state index contributed by atoms with van der Waals surface area (Å²) in [7, 11) is 0. The average Bonchev–Trinajstić information content (AvgIpc) is 2.57. The van der Waals surface area contributed by atoms with Gasteiger partial charge in [-0.3, -0.25) is 0 Å². The lowest BCUT2D eigenvalue weighted by atomic mass is 9.98. The highest BCUT2D eigenvalue weighted by atomic mass is 16.7. The number of hydrogen-bond acceptors (Lipinski definition) is 11. The molecule has 1 saturated heterocycles. The fraction of sp³-hybridized carbons (Fsp3) is 0.917.